The molecule has 2 heterocycles. The first-order chi connectivity index (χ1) is 18.1. The van der Waals surface area contributed by atoms with Crippen LogP contribution < -0.4 is 15.2 Å². The number of fused-ring (bicyclic) bond motifs is 1. The normalized spacial score (nSPS) is 14.3. The van der Waals surface area contributed by atoms with Crippen LogP contribution in [0.15, 0.2) is 97.3 Å². The summed E-state index contributed by atoms with van der Waals surface area (Å²) in [7, 11) is 0. The molecule has 2 aromatic heterocycles. The zero-order valence-electron chi connectivity index (χ0n) is 20.5. The number of rotatable bonds is 7. The summed E-state index contributed by atoms with van der Waals surface area (Å²) in [6, 6.07) is 28.2. The molecule has 184 valence electrons. The molecule has 37 heavy (non-hydrogen) atoms. The van der Waals surface area contributed by atoms with Crippen LogP contribution in [-0.2, 0) is 12.0 Å². The molecule has 0 atom stereocenters. The minimum Gasteiger partial charge on any atom is -0.491 e. The van der Waals surface area contributed by atoms with Gasteiger partial charge < -0.3 is 10.5 Å². The third kappa shape index (κ3) is 4.63. The summed E-state index contributed by atoms with van der Waals surface area (Å²) in [5.41, 5.74) is 13.8. The molecule has 3 aromatic carbocycles. The van der Waals surface area contributed by atoms with E-state index in [2.05, 4.69) is 36.4 Å². The van der Waals surface area contributed by atoms with Crippen LogP contribution in [0.25, 0.3) is 33.5 Å². The molecule has 0 amide bonds. The first-order valence-electron chi connectivity index (χ1n) is 12.7. The number of ether oxygens (including phenoxy) is 1. The highest BCUT2D eigenvalue weighted by atomic mass is 16.5. The van der Waals surface area contributed by atoms with Crippen molar-refractivity contribution in [2.75, 3.05) is 6.61 Å². The Kier molecular flexibility index (Phi) is 6.02. The maximum absolute atomic E-state index is 9.44. The first kappa shape index (κ1) is 23.1. The largest absolute Gasteiger partial charge is 0.491 e. The van der Waals surface area contributed by atoms with E-state index < -0.39 is 0 Å². The van der Waals surface area contributed by atoms with E-state index in [1.807, 2.05) is 48.5 Å². The molecule has 0 unspecified atom stereocenters. The zero-order valence-corrected chi connectivity index (χ0v) is 20.5. The highest BCUT2D eigenvalue weighted by Gasteiger charge is 2.34. The lowest BCUT2D eigenvalue weighted by Gasteiger charge is -2.38. The van der Waals surface area contributed by atoms with E-state index in [9.17, 15) is 5.21 Å². The van der Waals surface area contributed by atoms with Crippen molar-refractivity contribution in [3.8, 4) is 28.3 Å². The number of pyridine rings is 1. The predicted octanol–water partition coefficient (Wildman–Crippen LogP) is 5.45. The van der Waals surface area contributed by atoms with Crippen molar-refractivity contribution >= 4 is 11.0 Å². The number of hydrogen-bond acceptors (Lipinski definition) is 5. The van der Waals surface area contributed by atoms with Crippen molar-refractivity contribution < 1.29 is 14.7 Å². The molecule has 1 fully saturated rings. The summed E-state index contributed by atoms with van der Waals surface area (Å²) >= 11 is 0. The third-order valence-electron chi connectivity index (χ3n) is 7.22. The topological polar surface area (TPSA) is 85.1 Å². The van der Waals surface area contributed by atoms with E-state index in [1.165, 1.54) is 12.0 Å². The highest BCUT2D eigenvalue weighted by Crippen LogP contribution is 2.40. The van der Waals surface area contributed by atoms with Gasteiger partial charge in [0.25, 0.3) is 0 Å². The van der Waals surface area contributed by atoms with Gasteiger partial charge in [0, 0.05) is 39.9 Å². The Morgan fingerprint density at radius 2 is 1.51 bits per heavy atom. The molecule has 0 spiro atoms. The average molecular weight is 490 g/mol. The lowest BCUT2D eigenvalue weighted by Crippen LogP contribution is -2.43. The molecule has 0 aliphatic heterocycles. The van der Waals surface area contributed by atoms with Gasteiger partial charge >= 0.3 is 0 Å². The van der Waals surface area contributed by atoms with E-state index in [0.717, 1.165) is 56.7 Å². The first-order valence-corrected chi connectivity index (χ1v) is 12.7. The lowest BCUT2D eigenvalue weighted by atomic mass is 9.72. The van der Waals surface area contributed by atoms with Crippen LogP contribution in [0.1, 0.15) is 30.4 Å². The van der Waals surface area contributed by atoms with Crippen molar-refractivity contribution in [2.45, 2.75) is 31.2 Å². The fourth-order valence-corrected chi connectivity index (χ4v) is 4.87. The SMILES string of the molecule is NC1(c2ccc(-c3nc4c(OCCc5cc[n+](O)cc5)cccc4nc3-c3ccccc3)cc2)CCC1. The molecule has 6 heteroatoms. The van der Waals surface area contributed by atoms with E-state index in [-0.39, 0.29) is 5.54 Å². The summed E-state index contributed by atoms with van der Waals surface area (Å²) in [5, 5.41) is 9.44. The van der Waals surface area contributed by atoms with E-state index >= 15 is 0 Å². The van der Waals surface area contributed by atoms with Crippen molar-refractivity contribution in [3.05, 3.63) is 108 Å². The average Bonchev–Trinajstić information content (AvgIpc) is 2.93. The molecular weight excluding hydrogens is 460 g/mol. The number of aromatic nitrogens is 3. The smallest absolute Gasteiger partial charge is 0.222 e. The van der Waals surface area contributed by atoms with Gasteiger partial charge in [0.2, 0.25) is 12.4 Å². The Labute approximate surface area is 216 Å². The second-order valence-corrected chi connectivity index (χ2v) is 9.68. The van der Waals surface area contributed by atoms with Gasteiger partial charge in [0.05, 0.1) is 23.5 Å². The number of hydrogen-bond donors (Lipinski definition) is 2. The summed E-state index contributed by atoms with van der Waals surface area (Å²) in [4.78, 5) is 10.2. The van der Waals surface area contributed by atoms with E-state index in [4.69, 9.17) is 20.4 Å². The van der Waals surface area contributed by atoms with Crippen LogP contribution in [0.3, 0.4) is 0 Å². The van der Waals surface area contributed by atoms with Gasteiger partial charge in [-0.1, -0.05) is 60.7 Å². The van der Waals surface area contributed by atoms with Crippen molar-refractivity contribution in [2.24, 2.45) is 5.73 Å². The van der Waals surface area contributed by atoms with E-state index in [1.54, 1.807) is 12.4 Å². The molecule has 1 saturated carbocycles. The van der Waals surface area contributed by atoms with Gasteiger partial charge in [-0.25, -0.2) is 9.97 Å². The van der Waals surface area contributed by atoms with Crippen LogP contribution in [-0.4, -0.2) is 21.8 Å². The van der Waals surface area contributed by atoms with Crippen LogP contribution in [0.5, 0.6) is 5.75 Å². The Morgan fingerprint density at radius 1 is 0.811 bits per heavy atom. The zero-order chi connectivity index (χ0) is 25.2. The highest BCUT2D eigenvalue weighted by molar-refractivity contribution is 5.89. The molecule has 6 rings (SSSR count). The van der Waals surface area contributed by atoms with Gasteiger partial charge in [-0.2, -0.15) is 0 Å². The Hall–Kier alpha value is -4.29. The molecule has 3 N–H and O–H groups in total. The fourth-order valence-electron chi connectivity index (χ4n) is 4.87. The Balaban J connectivity index is 1.38. The Bertz CT molecular complexity index is 1530. The quantitative estimate of drug-likeness (QED) is 0.235. The molecule has 1 aliphatic rings. The number of nitrogens with zero attached hydrogens (tertiary/aromatic N) is 3. The second kappa shape index (κ2) is 9.64. The standard InChI is InChI=1S/C31H29N4O2/c32-31(17-5-18-31)25-12-10-24(11-13-25)29-28(23-6-2-1-3-7-23)33-26-8-4-9-27(30(26)34-29)37-21-16-22-14-19-35(36)20-15-22/h1-4,6-15,19-20,36H,5,16-18,21,32H2/q+1. The predicted molar refractivity (Wildman–Crippen MR) is 143 cm³/mol. The molecule has 0 radical (unpaired) electrons. The minimum atomic E-state index is -0.201. The van der Waals surface area contributed by atoms with Crippen LogP contribution in [0.4, 0.5) is 0 Å². The van der Waals surface area contributed by atoms with Crippen LogP contribution in [0.2, 0.25) is 0 Å². The van der Waals surface area contributed by atoms with Gasteiger partial charge in [0.1, 0.15) is 11.3 Å². The van der Waals surface area contributed by atoms with Crippen LogP contribution >= 0.6 is 0 Å². The minimum absolute atomic E-state index is 0.201. The number of para-hydroxylation sites is 1. The third-order valence-corrected chi connectivity index (χ3v) is 7.22. The summed E-state index contributed by atoms with van der Waals surface area (Å²) in [6.07, 6.45) is 7.17. The molecule has 1 aliphatic carbocycles. The van der Waals surface area contributed by atoms with Gasteiger partial charge in [-0.15, -0.1) is 0 Å². The maximum atomic E-state index is 9.44. The summed E-state index contributed by atoms with van der Waals surface area (Å²) in [5.74, 6) is 0.700. The second-order valence-electron chi connectivity index (χ2n) is 9.68. The maximum Gasteiger partial charge on any atom is 0.222 e. The molecular formula is C31H29N4O2+. The van der Waals surface area contributed by atoms with Crippen LogP contribution in [0, 0.1) is 0 Å². The van der Waals surface area contributed by atoms with Crippen molar-refractivity contribution in [1.29, 1.82) is 0 Å². The monoisotopic (exact) mass is 489 g/mol. The molecule has 6 nitrogen and oxygen atoms in total. The fraction of sp³-hybridized carbons (Fsp3) is 0.194. The Morgan fingerprint density at radius 3 is 2.22 bits per heavy atom. The molecule has 0 bridgehead atoms. The van der Waals surface area contributed by atoms with Gasteiger partial charge in [-0.05, 0) is 42.5 Å². The van der Waals surface area contributed by atoms with Crippen molar-refractivity contribution in [3.63, 3.8) is 0 Å². The summed E-state index contributed by atoms with van der Waals surface area (Å²) < 4.78 is 7.22. The summed E-state index contributed by atoms with van der Waals surface area (Å²) in [6.45, 7) is 0.485. The molecule has 0 saturated heterocycles. The molecule has 5 aromatic rings. The lowest BCUT2D eigenvalue weighted by molar-refractivity contribution is -0.904. The van der Waals surface area contributed by atoms with E-state index in [0.29, 0.717) is 18.8 Å². The van der Waals surface area contributed by atoms with Gasteiger partial charge in [-0.3, -0.25) is 5.21 Å². The van der Waals surface area contributed by atoms with Crippen molar-refractivity contribution in [1.82, 2.24) is 9.97 Å². The number of benzene rings is 3. The number of nitrogens with two attached hydrogens (primary N) is 1. The van der Waals surface area contributed by atoms with Gasteiger partial charge in [0.15, 0.2) is 0 Å².